The molecule has 22 heavy (non-hydrogen) atoms. The Morgan fingerprint density at radius 3 is 2.68 bits per heavy atom. The van der Waals surface area contributed by atoms with Crippen molar-refractivity contribution >= 4 is 5.91 Å². The zero-order valence-corrected chi connectivity index (χ0v) is 14.9. The van der Waals surface area contributed by atoms with E-state index in [1.54, 1.807) is 0 Å². The fraction of sp³-hybridized carbons (Fsp3) is 0.944. The second-order valence-corrected chi connectivity index (χ2v) is 8.03. The number of carbonyl (C=O) groups is 1. The van der Waals surface area contributed by atoms with Gasteiger partial charge in [0.25, 0.3) is 0 Å². The zero-order valence-electron chi connectivity index (χ0n) is 14.9. The van der Waals surface area contributed by atoms with Crippen molar-refractivity contribution in [2.24, 2.45) is 11.3 Å². The highest BCUT2D eigenvalue weighted by Crippen LogP contribution is 2.30. The second-order valence-electron chi connectivity index (χ2n) is 8.03. The number of nitrogens with zero attached hydrogens (tertiary/aromatic N) is 1. The van der Waals surface area contributed by atoms with E-state index in [0.29, 0.717) is 13.2 Å². The van der Waals surface area contributed by atoms with E-state index < -0.39 is 0 Å². The van der Waals surface area contributed by atoms with Gasteiger partial charge in [0, 0.05) is 31.8 Å². The number of nitrogens with one attached hydrogen (secondary N) is 1. The van der Waals surface area contributed by atoms with E-state index in [4.69, 9.17) is 4.74 Å². The summed E-state index contributed by atoms with van der Waals surface area (Å²) in [6.07, 6.45) is 5.57. The Morgan fingerprint density at radius 1 is 1.36 bits per heavy atom. The van der Waals surface area contributed by atoms with Gasteiger partial charge >= 0.3 is 0 Å². The topological polar surface area (TPSA) is 41.6 Å². The second kappa shape index (κ2) is 7.31. The minimum Gasteiger partial charge on any atom is -0.381 e. The van der Waals surface area contributed by atoms with Gasteiger partial charge in [0.15, 0.2) is 0 Å². The molecule has 2 rings (SSSR count). The van der Waals surface area contributed by atoms with Gasteiger partial charge in [0.05, 0.1) is 5.41 Å². The molecule has 1 amide bonds. The summed E-state index contributed by atoms with van der Waals surface area (Å²) in [5, 5.41) is 3.23. The van der Waals surface area contributed by atoms with Gasteiger partial charge in [0.2, 0.25) is 5.91 Å². The smallest absolute Gasteiger partial charge is 0.226 e. The first-order valence-electron chi connectivity index (χ1n) is 8.98. The van der Waals surface area contributed by atoms with E-state index in [-0.39, 0.29) is 16.9 Å². The van der Waals surface area contributed by atoms with Gasteiger partial charge in [-0.25, -0.2) is 0 Å². The quantitative estimate of drug-likeness (QED) is 0.849. The van der Waals surface area contributed by atoms with Crippen LogP contribution in [-0.2, 0) is 9.53 Å². The van der Waals surface area contributed by atoms with E-state index in [0.717, 1.165) is 31.8 Å². The Labute approximate surface area is 136 Å². The maximum Gasteiger partial charge on any atom is 0.226 e. The Morgan fingerprint density at radius 2 is 2.05 bits per heavy atom. The van der Waals surface area contributed by atoms with Crippen LogP contribution in [0.2, 0.25) is 0 Å². The summed E-state index contributed by atoms with van der Waals surface area (Å²) in [7, 11) is 0. The largest absolute Gasteiger partial charge is 0.381 e. The summed E-state index contributed by atoms with van der Waals surface area (Å²) in [6.45, 7) is 13.4. The van der Waals surface area contributed by atoms with E-state index >= 15 is 0 Å². The molecular weight excluding hydrogens is 276 g/mol. The molecule has 0 bridgehead atoms. The number of piperidine rings is 1. The summed E-state index contributed by atoms with van der Waals surface area (Å²) in [5.41, 5.74) is -0.215. The Balaban J connectivity index is 1.87. The van der Waals surface area contributed by atoms with E-state index in [1.807, 2.05) is 0 Å². The molecule has 0 unspecified atom stereocenters. The maximum absolute atomic E-state index is 12.6. The predicted molar refractivity (Wildman–Crippen MR) is 89.8 cm³/mol. The molecule has 0 aliphatic carbocycles. The van der Waals surface area contributed by atoms with Gasteiger partial charge in [-0.2, -0.15) is 0 Å². The lowest BCUT2D eigenvalue weighted by Crippen LogP contribution is -2.56. The molecule has 4 nitrogen and oxygen atoms in total. The summed E-state index contributed by atoms with van der Waals surface area (Å²) < 4.78 is 5.39. The number of hydrogen-bond acceptors (Lipinski definition) is 3. The Bertz CT molecular complexity index is 375. The van der Waals surface area contributed by atoms with Crippen LogP contribution < -0.4 is 5.32 Å². The minimum atomic E-state index is -0.248. The van der Waals surface area contributed by atoms with Crippen molar-refractivity contribution in [2.75, 3.05) is 32.8 Å². The van der Waals surface area contributed by atoms with Crippen molar-refractivity contribution in [3.05, 3.63) is 0 Å². The number of rotatable bonds is 5. The SMILES string of the molecule is CC[C@@H]1CCCN(C(C)(C)CNC(=O)C2(C)CCOCC2)C1. The van der Waals surface area contributed by atoms with Crippen LogP contribution in [0.5, 0.6) is 0 Å². The van der Waals surface area contributed by atoms with Gasteiger partial charge in [-0.1, -0.05) is 20.3 Å². The van der Waals surface area contributed by atoms with Crippen molar-refractivity contribution in [3.63, 3.8) is 0 Å². The van der Waals surface area contributed by atoms with E-state index in [9.17, 15) is 4.79 Å². The third kappa shape index (κ3) is 4.23. The van der Waals surface area contributed by atoms with Crippen molar-refractivity contribution in [2.45, 2.75) is 65.3 Å². The lowest BCUT2D eigenvalue weighted by atomic mass is 9.81. The van der Waals surface area contributed by atoms with Crippen LogP contribution in [0.1, 0.15) is 59.8 Å². The maximum atomic E-state index is 12.6. The molecule has 0 spiro atoms. The average Bonchev–Trinajstić information content (AvgIpc) is 2.53. The fourth-order valence-corrected chi connectivity index (χ4v) is 3.62. The molecule has 2 saturated heterocycles. The van der Waals surface area contributed by atoms with Crippen molar-refractivity contribution < 1.29 is 9.53 Å². The van der Waals surface area contributed by atoms with E-state index in [2.05, 4.69) is 37.9 Å². The molecule has 128 valence electrons. The van der Waals surface area contributed by atoms with Crippen LogP contribution in [0, 0.1) is 11.3 Å². The van der Waals surface area contributed by atoms with Crippen molar-refractivity contribution in [3.8, 4) is 0 Å². The van der Waals surface area contributed by atoms with Crippen LogP contribution in [-0.4, -0.2) is 49.2 Å². The number of carbonyl (C=O) groups excluding carboxylic acids is 1. The van der Waals surface area contributed by atoms with Crippen molar-refractivity contribution in [1.29, 1.82) is 0 Å². The summed E-state index contributed by atoms with van der Waals surface area (Å²) in [4.78, 5) is 15.2. The zero-order chi connectivity index (χ0) is 16.2. The van der Waals surface area contributed by atoms with Crippen LogP contribution in [0.25, 0.3) is 0 Å². The third-order valence-corrected chi connectivity index (χ3v) is 5.78. The van der Waals surface area contributed by atoms with Crippen LogP contribution in [0.3, 0.4) is 0 Å². The number of hydrogen-bond donors (Lipinski definition) is 1. The van der Waals surface area contributed by atoms with Crippen LogP contribution in [0.4, 0.5) is 0 Å². The van der Waals surface area contributed by atoms with E-state index in [1.165, 1.54) is 25.8 Å². The molecule has 0 radical (unpaired) electrons. The Hall–Kier alpha value is -0.610. The fourth-order valence-electron chi connectivity index (χ4n) is 3.62. The lowest BCUT2D eigenvalue weighted by molar-refractivity contribution is -0.135. The third-order valence-electron chi connectivity index (χ3n) is 5.78. The standard InChI is InChI=1S/C18H34N2O2/c1-5-15-7-6-10-20(13-15)17(2,3)14-19-16(21)18(4)8-11-22-12-9-18/h15H,5-14H2,1-4H3,(H,19,21)/t15-/m1/s1. The molecule has 0 aromatic heterocycles. The normalized spacial score (nSPS) is 26.6. The molecule has 1 N–H and O–H groups in total. The molecule has 2 heterocycles. The Kier molecular flexibility index (Phi) is 5.89. The lowest BCUT2D eigenvalue weighted by Gasteiger charge is -2.44. The van der Waals surface area contributed by atoms with Gasteiger partial charge in [-0.05, 0) is 52.0 Å². The minimum absolute atomic E-state index is 0.0328. The molecule has 0 aromatic rings. The molecule has 1 atom stereocenters. The average molecular weight is 310 g/mol. The van der Waals surface area contributed by atoms with Gasteiger partial charge in [-0.3, -0.25) is 9.69 Å². The van der Waals surface area contributed by atoms with Gasteiger partial charge < -0.3 is 10.1 Å². The summed E-state index contributed by atoms with van der Waals surface area (Å²) in [6, 6.07) is 0. The molecule has 2 fully saturated rings. The summed E-state index contributed by atoms with van der Waals surface area (Å²) in [5.74, 6) is 1.02. The molecule has 0 aromatic carbocycles. The van der Waals surface area contributed by atoms with Gasteiger partial charge in [0.1, 0.15) is 0 Å². The number of ether oxygens (including phenoxy) is 1. The molecule has 4 heteroatoms. The first-order valence-corrected chi connectivity index (χ1v) is 8.98. The van der Waals surface area contributed by atoms with Gasteiger partial charge in [-0.15, -0.1) is 0 Å². The van der Waals surface area contributed by atoms with Crippen LogP contribution in [0.15, 0.2) is 0 Å². The predicted octanol–water partition coefficient (Wildman–Crippen LogP) is 2.82. The number of likely N-dealkylation sites (tertiary alicyclic amines) is 1. The molecule has 2 aliphatic rings. The highest BCUT2D eigenvalue weighted by molar-refractivity contribution is 5.82. The van der Waals surface area contributed by atoms with Crippen molar-refractivity contribution in [1.82, 2.24) is 10.2 Å². The highest BCUT2D eigenvalue weighted by Gasteiger charge is 2.37. The monoisotopic (exact) mass is 310 g/mol. The molecule has 2 aliphatic heterocycles. The summed E-state index contributed by atoms with van der Waals surface area (Å²) >= 11 is 0. The molecule has 0 saturated carbocycles. The first kappa shape index (κ1) is 17.7. The molecular formula is C18H34N2O2. The highest BCUT2D eigenvalue weighted by atomic mass is 16.5. The van der Waals surface area contributed by atoms with Crippen LogP contribution >= 0.6 is 0 Å². The first-order chi connectivity index (χ1) is 10.4. The number of amides is 1.